The van der Waals surface area contributed by atoms with Crippen molar-refractivity contribution in [3.8, 4) is 5.69 Å². The molecule has 12 heteroatoms. The van der Waals surface area contributed by atoms with E-state index in [1.807, 2.05) is 18.2 Å². The quantitative estimate of drug-likeness (QED) is 0.512. The third-order valence-electron chi connectivity index (χ3n) is 9.22. The van der Waals surface area contributed by atoms with E-state index < -0.39 is 17.1 Å². The molecule has 1 spiro atoms. The fourth-order valence-corrected chi connectivity index (χ4v) is 7.58. The van der Waals surface area contributed by atoms with Crippen LogP contribution in [0.3, 0.4) is 0 Å². The van der Waals surface area contributed by atoms with Gasteiger partial charge in [0.15, 0.2) is 5.82 Å². The summed E-state index contributed by atoms with van der Waals surface area (Å²) >= 11 is 6.37. The summed E-state index contributed by atoms with van der Waals surface area (Å²) in [4.78, 5) is 15.2. The maximum absolute atomic E-state index is 13.5. The third kappa shape index (κ3) is 2.95. The number of aromatic nitrogens is 5. The summed E-state index contributed by atoms with van der Waals surface area (Å²) in [5.74, 6) is 2.45. The summed E-state index contributed by atoms with van der Waals surface area (Å²) in [7, 11) is 0. The fraction of sp³-hybridized carbons (Fsp3) is 0.520. The van der Waals surface area contributed by atoms with Crippen molar-refractivity contribution in [3.63, 3.8) is 0 Å². The van der Waals surface area contributed by atoms with Crippen LogP contribution in [0.5, 0.6) is 0 Å². The van der Waals surface area contributed by atoms with E-state index in [9.17, 15) is 13.2 Å². The minimum Gasteiger partial charge on any atom is -0.354 e. The molecule has 0 N–H and O–H groups in total. The zero-order valence-corrected chi connectivity index (χ0v) is 20.7. The molecule has 5 heterocycles. The monoisotopic (exact) mass is 528 g/mol. The van der Waals surface area contributed by atoms with E-state index in [2.05, 4.69) is 39.4 Å². The summed E-state index contributed by atoms with van der Waals surface area (Å²) < 4.78 is 42.7. The number of benzene rings is 1. The number of anilines is 2. The van der Waals surface area contributed by atoms with Gasteiger partial charge < -0.3 is 9.80 Å². The van der Waals surface area contributed by atoms with E-state index in [0.717, 1.165) is 55.0 Å². The minimum absolute atomic E-state index is 0.164. The van der Waals surface area contributed by atoms with Crippen LogP contribution in [0, 0.1) is 10.8 Å². The molecule has 2 saturated heterocycles. The zero-order valence-electron chi connectivity index (χ0n) is 19.9. The average molecular weight is 529 g/mol. The lowest BCUT2D eigenvalue weighted by Crippen LogP contribution is -2.78. The second-order valence-electron chi connectivity index (χ2n) is 11.7. The molecule has 3 aliphatic carbocycles. The molecular formula is C25H24ClF3N8. The van der Waals surface area contributed by atoms with Gasteiger partial charge in [0.05, 0.1) is 23.8 Å². The zero-order chi connectivity index (χ0) is 25.2. The Labute approximate surface area is 216 Å². The van der Waals surface area contributed by atoms with Crippen LogP contribution in [0.4, 0.5) is 24.9 Å². The number of hydrogen-bond donors (Lipinski definition) is 0. The van der Waals surface area contributed by atoms with Crippen molar-refractivity contribution < 1.29 is 13.2 Å². The van der Waals surface area contributed by atoms with E-state index in [4.69, 9.17) is 11.6 Å². The first-order chi connectivity index (χ1) is 17.7. The van der Waals surface area contributed by atoms with Crippen molar-refractivity contribution in [2.45, 2.75) is 44.1 Å². The first kappa shape index (κ1) is 22.1. The van der Waals surface area contributed by atoms with Crippen molar-refractivity contribution in [2.75, 3.05) is 36.0 Å². The van der Waals surface area contributed by atoms with Gasteiger partial charge in [-0.15, -0.1) is 10.2 Å². The number of rotatable bonds is 3. The van der Waals surface area contributed by atoms with Crippen LogP contribution in [-0.2, 0) is 13.1 Å². The largest absolute Gasteiger partial charge is 0.394 e. The van der Waals surface area contributed by atoms with Gasteiger partial charge in [0.1, 0.15) is 5.82 Å². The number of fused-ring (bicyclic) bond motifs is 3. The maximum atomic E-state index is 13.5. The molecule has 0 amide bonds. The van der Waals surface area contributed by atoms with E-state index >= 15 is 0 Å². The lowest BCUT2D eigenvalue weighted by Gasteiger charge is -2.73. The van der Waals surface area contributed by atoms with Crippen molar-refractivity contribution in [1.82, 2.24) is 29.6 Å². The minimum atomic E-state index is -4.13. The standard InChI is InChI=1S/C25H24ClF3N8/c26-17-1-2-18-16(5-17)7-36(24-9-23(10-24,11-24)25(27,28)29)8-20-32-33-21(37(18)20)35-14-22(15-35)12-34(13-22)19-6-30-3-4-31-19/h1-6H,7-15H2. The molecule has 2 aromatic heterocycles. The van der Waals surface area contributed by atoms with Gasteiger partial charge in [0.25, 0.3) is 0 Å². The molecule has 3 aromatic rings. The molecule has 0 radical (unpaired) electrons. The van der Waals surface area contributed by atoms with Crippen LogP contribution >= 0.6 is 11.6 Å². The topological polar surface area (TPSA) is 66.2 Å². The van der Waals surface area contributed by atoms with E-state index in [0.29, 0.717) is 18.1 Å². The Morgan fingerprint density at radius 2 is 1.68 bits per heavy atom. The molecule has 192 valence electrons. The van der Waals surface area contributed by atoms with Crippen molar-refractivity contribution in [1.29, 1.82) is 0 Å². The Balaban J connectivity index is 1.06. The number of alkyl halides is 3. The van der Waals surface area contributed by atoms with Gasteiger partial charge in [-0.05, 0) is 43.0 Å². The highest BCUT2D eigenvalue weighted by atomic mass is 35.5. The maximum Gasteiger partial charge on any atom is 0.394 e. The number of halogens is 4. The van der Waals surface area contributed by atoms with E-state index in [1.54, 1.807) is 18.6 Å². The Morgan fingerprint density at radius 3 is 2.38 bits per heavy atom. The highest BCUT2D eigenvalue weighted by molar-refractivity contribution is 6.30. The first-order valence-corrected chi connectivity index (χ1v) is 12.9. The molecule has 1 aromatic carbocycles. The average Bonchev–Trinajstić information content (AvgIpc) is 3.05. The molecule has 0 unspecified atom stereocenters. The molecule has 2 bridgehead atoms. The molecule has 37 heavy (non-hydrogen) atoms. The molecule has 3 saturated carbocycles. The van der Waals surface area contributed by atoms with Crippen LogP contribution < -0.4 is 9.80 Å². The summed E-state index contributed by atoms with van der Waals surface area (Å²) in [6.07, 6.45) is 1.54. The Kier molecular flexibility index (Phi) is 4.14. The lowest BCUT2D eigenvalue weighted by molar-refractivity contribution is -0.364. The predicted molar refractivity (Wildman–Crippen MR) is 130 cm³/mol. The molecule has 8 nitrogen and oxygen atoms in total. The number of nitrogens with zero attached hydrogens (tertiary/aromatic N) is 8. The fourth-order valence-electron chi connectivity index (χ4n) is 7.38. The van der Waals surface area contributed by atoms with E-state index in [1.165, 1.54) is 0 Å². The lowest BCUT2D eigenvalue weighted by atomic mass is 9.38. The van der Waals surface area contributed by atoms with Gasteiger partial charge in [0, 0.05) is 61.1 Å². The predicted octanol–water partition coefficient (Wildman–Crippen LogP) is 3.84. The first-order valence-electron chi connectivity index (χ1n) is 12.5. The molecule has 3 aliphatic heterocycles. The van der Waals surface area contributed by atoms with Crippen LogP contribution in [0.2, 0.25) is 5.02 Å². The highest BCUT2D eigenvalue weighted by Crippen LogP contribution is 2.75. The Hall–Kier alpha value is -2.92. The molecule has 6 aliphatic rings. The van der Waals surface area contributed by atoms with Gasteiger partial charge in [0.2, 0.25) is 5.95 Å². The SMILES string of the molecule is FC(F)(F)C12CC(N3Cc4cc(Cl)ccc4-n4c(nnc4N4CC5(CN(c6cnccn6)C5)C4)C3)(C1)C2. The van der Waals surface area contributed by atoms with Gasteiger partial charge in [-0.1, -0.05) is 11.6 Å². The van der Waals surface area contributed by atoms with Gasteiger partial charge in [-0.25, -0.2) is 4.98 Å². The Morgan fingerprint density at radius 1 is 0.919 bits per heavy atom. The van der Waals surface area contributed by atoms with E-state index in [-0.39, 0.29) is 24.7 Å². The molecule has 5 fully saturated rings. The van der Waals surface area contributed by atoms with Gasteiger partial charge in [-0.3, -0.25) is 14.5 Å². The summed E-state index contributed by atoms with van der Waals surface area (Å²) in [6.45, 7) is 4.59. The Bertz CT molecular complexity index is 1390. The van der Waals surface area contributed by atoms with Crippen molar-refractivity contribution >= 4 is 23.4 Å². The molecule has 0 atom stereocenters. The van der Waals surface area contributed by atoms with Crippen molar-refractivity contribution in [2.24, 2.45) is 10.8 Å². The summed E-state index contributed by atoms with van der Waals surface area (Å²) in [5.41, 5.74) is 0.220. The number of hydrogen-bond acceptors (Lipinski definition) is 7. The van der Waals surface area contributed by atoms with Crippen LogP contribution in [-0.4, -0.2) is 67.5 Å². The second kappa shape index (κ2) is 6.93. The van der Waals surface area contributed by atoms with Gasteiger partial charge >= 0.3 is 6.18 Å². The summed E-state index contributed by atoms with van der Waals surface area (Å²) in [5, 5.41) is 9.73. The highest BCUT2D eigenvalue weighted by Gasteiger charge is 2.80. The molecular weight excluding hydrogens is 505 g/mol. The second-order valence-corrected chi connectivity index (χ2v) is 12.1. The van der Waals surface area contributed by atoms with Gasteiger partial charge in [-0.2, -0.15) is 13.2 Å². The van der Waals surface area contributed by atoms with Crippen molar-refractivity contribution in [3.05, 3.63) is 53.2 Å². The third-order valence-corrected chi connectivity index (χ3v) is 9.46. The summed E-state index contributed by atoms with van der Waals surface area (Å²) in [6, 6.07) is 5.76. The van der Waals surface area contributed by atoms with Crippen LogP contribution in [0.15, 0.2) is 36.8 Å². The van der Waals surface area contributed by atoms with Crippen LogP contribution in [0.1, 0.15) is 30.7 Å². The normalized spacial score (nSPS) is 29.4. The van der Waals surface area contributed by atoms with Crippen LogP contribution in [0.25, 0.3) is 5.69 Å². The smallest absolute Gasteiger partial charge is 0.354 e. The molecule has 9 rings (SSSR count).